The van der Waals surface area contributed by atoms with Gasteiger partial charge >= 0.3 is 0 Å². The molecule has 20 heavy (non-hydrogen) atoms. The fraction of sp³-hybridized carbons (Fsp3) is 1.00. The molecule has 4 nitrogen and oxygen atoms in total. The summed E-state index contributed by atoms with van der Waals surface area (Å²) in [6, 6.07) is 0. The van der Waals surface area contributed by atoms with Gasteiger partial charge in [0.25, 0.3) is 10.2 Å². The molecule has 0 aromatic heterocycles. The molecule has 2 rings (SSSR count). The Balaban J connectivity index is 1.74. The van der Waals surface area contributed by atoms with Crippen molar-refractivity contribution in [2.45, 2.75) is 64.7 Å². The van der Waals surface area contributed by atoms with Crippen LogP contribution < -0.4 is 4.72 Å². The largest absolute Gasteiger partial charge is 0.279 e. The fourth-order valence-corrected chi connectivity index (χ4v) is 4.88. The monoisotopic (exact) mass is 302 g/mol. The molecule has 1 saturated carbocycles. The molecule has 2 fully saturated rings. The van der Waals surface area contributed by atoms with Crippen LogP contribution in [0.4, 0.5) is 0 Å². The zero-order valence-corrected chi connectivity index (χ0v) is 13.6. The molecule has 5 heteroatoms. The Kier molecular flexibility index (Phi) is 6.30. The third-order valence-corrected chi connectivity index (χ3v) is 6.40. The zero-order chi connectivity index (χ0) is 14.4. The van der Waals surface area contributed by atoms with Crippen molar-refractivity contribution in [1.82, 2.24) is 9.03 Å². The fourth-order valence-electron chi connectivity index (χ4n) is 3.59. The normalized spacial score (nSPS) is 30.1. The summed E-state index contributed by atoms with van der Waals surface area (Å²) in [7, 11) is -3.24. The maximum Gasteiger partial charge on any atom is 0.279 e. The van der Waals surface area contributed by atoms with E-state index in [0.717, 1.165) is 38.0 Å². The number of nitrogens with one attached hydrogen (secondary N) is 1. The summed E-state index contributed by atoms with van der Waals surface area (Å²) in [6.45, 7) is 4.30. The Morgan fingerprint density at radius 2 is 1.75 bits per heavy atom. The van der Waals surface area contributed by atoms with Crippen LogP contribution in [0.5, 0.6) is 0 Å². The van der Waals surface area contributed by atoms with Gasteiger partial charge < -0.3 is 0 Å². The summed E-state index contributed by atoms with van der Waals surface area (Å²) in [5, 5.41) is 0. The van der Waals surface area contributed by atoms with Crippen LogP contribution in [0.15, 0.2) is 0 Å². The third kappa shape index (κ3) is 5.01. The lowest BCUT2D eigenvalue weighted by Crippen LogP contribution is -2.42. The molecule has 2 atom stereocenters. The topological polar surface area (TPSA) is 49.4 Å². The first-order valence-electron chi connectivity index (χ1n) is 8.32. The van der Waals surface area contributed by atoms with Gasteiger partial charge in [0, 0.05) is 19.6 Å². The Morgan fingerprint density at radius 3 is 2.40 bits per heavy atom. The van der Waals surface area contributed by atoms with Gasteiger partial charge in [-0.1, -0.05) is 39.0 Å². The van der Waals surface area contributed by atoms with E-state index in [1.54, 1.807) is 4.31 Å². The minimum Gasteiger partial charge on any atom is -0.202 e. The second-order valence-electron chi connectivity index (χ2n) is 6.64. The zero-order valence-electron chi connectivity index (χ0n) is 12.8. The lowest BCUT2D eigenvalue weighted by atomic mass is 9.81. The molecule has 1 heterocycles. The third-order valence-electron chi connectivity index (χ3n) is 4.79. The van der Waals surface area contributed by atoms with Crippen LogP contribution in [0, 0.1) is 11.8 Å². The maximum absolute atomic E-state index is 12.3. The smallest absolute Gasteiger partial charge is 0.202 e. The van der Waals surface area contributed by atoms with Gasteiger partial charge in [0.2, 0.25) is 0 Å². The van der Waals surface area contributed by atoms with E-state index in [0.29, 0.717) is 25.6 Å². The van der Waals surface area contributed by atoms with Crippen molar-refractivity contribution in [1.29, 1.82) is 0 Å². The lowest BCUT2D eigenvalue weighted by molar-refractivity contribution is 0.270. The Labute approximate surface area is 124 Å². The summed E-state index contributed by atoms with van der Waals surface area (Å²) in [5.41, 5.74) is 0. The van der Waals surface area contributed by atoms with Crippen molar-refractivity contribution >= 4 is 10.2 Å². The summed E-state index contributed by atoms with van der Waals surface area (Å²) >= 11 is 0. The van der Waals surface area contributed by atoms with Crippen molar-refractivity contribution in [2.24, 2.45) is 11.8 Å². The molecule has 2 aliphatic rings. The predicted octanol–water partition coefficient (Wildman–Crippen LogP) is 2.91. The van der Waals surface area contributed by atoms with Crippen LogP contribution in [0.2, 0.25) is 0 Å². The number of hydrogen-bond acceptors (Lipinski definition) is 2. The highest BCUT2D eigenvalue weighted by atomic mass is 32.2. The minimum atomic E-state index is -3.24. The molecule has 1 aliphatic heterocycles. The van der Waals surface area contributed by atoms with Gasteiger partial charge in [0.1, 0.15) is 0 Å². The summed E-state index contributed by atoms with van der Waals surface area (Å²) in [6.07, 6.45) is 10.5. The first-order valence-corrected chi connectivity index (χ1v) is 9.76. The van der Waals surface area contributed by atoms with Crippen molar-refractivity contribution in [3.8, 4) is 0 Å². The molecule has 0 aromatic carbocycles. The summed E-state index contributed by atoms with van der Waals surface area (Å²) < 4.78 is 29.0. The van der Waals surface area contributed by atoms with Gasteiger partial charge in [-0.3, -0.25) is 0 Å². The maximum atomic E-state index is 12.3. The van der Waals surface area contributed by atoms with Crippen LogP contribution in [-0.4, -0.2) is 32.4 Å². The molecule has 1 saturated heterocycles. The molecule has 118 valence electrons. The van der Waals surface area contributed by atoms with Crippen LogP contribution in [0.25, 0.3) is 0 Å². The SMILES string of the molecule is C[C@H]1CCC[C@H](CCNS(=O)(=O)N2CCCCCC2)C1. The van der Waals surface area contributed by atoms with E-state index in [4.69, 9.17) is 0 Å². The molecular weight excluding hydrogens is 272 g/mol. The molecular formula is C15H30N2O2S. The summed E-state index contributed by atoms with van der Waals surface area (Å²) in [5.74, 6) is 1.53. The quantitative estimate of drug-likeness (QED) is 0.849. The van der Waals surface area contributed by atoms with Crippen molar-refractivity contribution in [3.05, 3.63) is 0 Å². The molecule has 0 aromatic rings. The first kappa shape index (κ1) is 16.2. The molecule has 0 amide bonds. The number of nitrogens with zero attached hydrogens (tertiary/aromatic N) is 1. The average Bonchev–Trinajstić information content (AvgIpc) is 2.68. The van der Waals surface area contributed by atoms with Crippen molar-refractivity contribution in [3.63, 3.8) is 0 Å². The average molecular weight is 302 g/mol. The molecule has 0 bridgehead atoms. The van der Waals surface area contributed by atoms with E-state index in [1.807, 2.05) is 0 Å². The predicted molar refractivity (Wildman–Crippen MR) is 82.7 cm³/mol. The van der Waals surface area contributed by atoms with Gasteiger partial charge in [-0.2, -0.15) is 12.7 Å². The van der Waals surface area contributed by atoms with E-state index in [-0.39, 0.29) is 0 Å². The summed E-state index contributed by atoms with van der Waals surface area (Å²) in [4.78, 5) is 0. The molecule has 0 spiro atoms. The minimum absolute atomic E-state index is 0.607. The van der Waals surface area contributed by atoms with Crippen LogP contribution in [0.1, 0.15) is 64.7 Å². The van der Waals surface area contributed by atoms with Gasteiger partial charge in [-0.05, 0) is 37.5 Å². The Morgan fingerprint density at radius 1 is 1.05 bits per heavy atom. The number of hydrogen-bond donors (Lipinski definition) is 1. The highest BCUT2D eigenvalue weighted by molar-refractivity contribution is 7.87. The van der Waals surface area contributed by atoms with E-state index in [1.165, 1.54) is 25.7 Å². The van der Waals surface area contributed by atoms with Crippen LogP contribution in [-0.2, 0) is 10.2 Å². The first-order chi connectivity index (χ1) is 9.58. The Hall–Kier alpha value is -0.130. The highest BCUT2D eigenvalue weighted by Crippen LogP contribution is 2.30. The number of rotatable bonds is 5. The van der Waals surface area contributed by atoms with Gasteiger partial charge in [0.15, 0.2) is 0 Å². The van der Waals surface area contributed by atoms with Gasteiger partial charge in [0.05, 0.1) is 0 Å². The van der Waals surface area contributed by atoms with Crippen molar-refractivity contribution < 1.29 is 8.42 Å². The lowest BCUT2D eigenvalue weighted by Gasteiger charge is -2.27. The van der Waals surface area contributed by atoms with E-state index >= 15 is 0 Å². The molecule has 1 aliphatic carbocycles. The van der Waals surface area contributed by atoms with E-state index in [9.17, 15) is 8.42 Å². The van der Waals surface area contributed by atoms with E-state index in [2.05, 4.69) is 11.6 Å². The second-order valence-corrected chi connectivity index (χ2v) is 8.39. The molecule has 0 radical (unpaired) electrons. The molecule has 1 N–H and O–H groups in total. The van der Waals surface area contributed by atoms with Gasteiger partial charge in [-0.15, -0.1) is 0 Å². The molecule has 0 unspecified atom stereocenters. The highest BCUT2D eigenvalue weighted by Gasteiger charge is 2.23. The van der Waals surface area contributed by atoms with Crippen molar-refractivity contribution in [2.75, 3.05) is 19.6 Å². The standard InChI is InChI=1S/C15H30N2O2S/c1-14-7-6-8-15(13-14)9-10-16-20(18,19)17-11-4-2-3-5-12-17/h14-16H,2-13H2,1H3/t14-,15+/m0/s1. The van der Waals surface area contributed by atoms with Crippen LogP contribution in [0.3, 0.4) is 0 Å². The van der Waals surface area contributed by atoms with E-state index < -0.39 is 10.2 Å². The Bertz CT molecular complexity index is 375. The van der Waals surface area contributed by atoms with Crippen LogP contribution >= 0.6 is 0 Å². The van der Waals surface area contributed by atoms with Gasteiger partial charge in [-0.25, -0.2) is 4.72 Å². The second kappa shape index (κ2) is 7.76.